The van der Waals surface area contributed by atoms with Gasteiger partial charge in [-0.1, -0.05) is 56.0 Å². The molecule has 3 heteroatoms. The van der Waals surface area contributed by atoms with Crippen LogP contribution >= 0.6 is 0 Å². The molecule has 0 spiro atoms. The third-order valence-corrected chi connectivity index (χ3v) is 4.53. The molecule has 1 aromatic carbocycles. The molecule has 25 heavy (non-hydrogen) atoms. The summed E-state index contributed by atoms with van der Waals surface area (Å²) in [7, 11) is 0. The SMILES string of the molecule is C=C/C(C)=C\C=N/CC(=C)NCC(C)CN1CCc2ccccc2C1. The van der Waals surface area contributed by atoms with Gasteiger partial charge in [0.05, 0.1) is 6.54 Å². The first-order valence-electron chi connectivity index (χ1n) is 9.08. The Balaban J connectivity index is 1.68. The predicted octanol–water partition coefficient (Wildman–Crippen LogP) is 3.99. The van der Waals surface area contributed by atoms with Crippen LogP contribution in [-0.4, -0.2) is 37.3 Å². The maximum atomic E-state index is 4.36. The molecule has 1 heterocycles. The van der Waals surface area contributed by atoms with Gasteiger partial charge < -0.3 is 5.32 Å². The van der Waals surface area contributed by atoms with Crippen LogP contribution in [0.15, 0.2) is 65.8 Å². The molecule has 0 aliphatic carbocycles. The van der Waals surface area contributed by atoms with Crippen molar-refractivity contribution >= 4 is 6.21 Å². The van der Waals surface area contributed by atoms with Crippen LogP contribution in [0.5, 0.6) is 0 Å². The Kier molecular flexibility index (Phi) is 7.68. The van der Waals surface area contributed by atoms with Gasteiger partial charge in [-0.05, 0) is 36.5 Å². The van der Waals surface area contributed by atoms with Crippen LogP contribution in [0.1, 0.15) is 25.0 Å². The van der Waals surface area contributed by atoms with Crippen molar-refractivity contribution in [3.05, 3.63) is 72.0 Å². The third kappa shape index (κ3) is 6.71. The highest BCUT2D eigenvalue weighted by Gasteiger charge is 2.17. The molecular formula is C22H31N3. The fourth-order valence-corrected chi connectivity index (χ4v) is 2.99. The minimum atomic E-state index is 0.578. The standard InChI is InChI=1S/C22H31N3/c1-5-18(2)10-12-23-15-20(4)24-14-19(3)16-25-13-11-21-8-6-7-9-22(21)17-25/h5-10,12,19,24H,1,4,11,13-17H2,2-3H3/b18-10-,23-12-. The number of fused-ring (bicyclic) bond motifs is 1. The van der Waals surface area contributed by atoms with E-state index in [4.69, 9.17) is 0 Å². The summed E-state index contributed by atoms with van der Waals surface area (Å²) >= 11 is 0. The lowest BCUT2D eigenvalue weighted by Gasteiger charge is -2.31. The highest BCUT2D eigenvalue weighted by atomic mass is 15.1. The zero-order valence-electron chi connectivity index (χ0n) is 15.7. The van der Waals surface area contributed by atoms with E-state index in [9.17, 15) is 0 Å². The summed E-state index contributed by atoms with van der Waals surface area (Å²) in [5.74, 6) is 0.578. The van der Waals surface area contributed by atoms with E-state index in [2.05, 4.69) is 59.6 Å². The summed E-state index contributed by atoms with van der Waals surface area (Å²) in [5, 5.41) is 3.42. The van der Waals surface area contributed by atoms with E-state index >= 15 is 0 Å². The van der Waals surface area contributed by atoms with Crippen molar-refractivity contribution in [2.24, 2.45) is 10.9 Å². The summed E-state index contributed by atoms with van der Waals surface area (Å²) in [5.41, 5.74) is 5.07. The van der Waals surface area contributed by atoms with Crippen LogP contribution in [0.3, 0.4) is 0 Å². The molecular weight excluding hydrogens is 306 g/mol. The lowest BCUT2D eigenvalue weighted by atomic mass is 9.99. The van der Waals surface area contributed by atoms with Gasteiger partial charge in [0.25, 0.3) is 0 Å². The van der Waals surface area contributed by atoms with Gasteiger partial charge in [0.15, 0.2) is 0 Å². The van der Waals surface area contributed by atoms with Gasteiger partial charge >= 0.3 is 0 Å². The summed E-state index contributed by atoms with van der Waals surface area (Å²) in [6, 6.07) is 8.80. The summed E-state index contributed by atoms with van der Waals surface area (Å²) in [6.07, 6.45) is 6.75. The second-order valence-corrected chi connectivity index (χ2v) is 6.95. The monoisotopic (exact) mass is 337 g/mol. The van der Waals surface area contributed by atoms with Gasteiger partial charge in [-0.25, -0.2) is 0 Å². The lowest BCUT2D eigenvalue weighted by Crippen LogP contribution is -2.36. The smallest absolute Gasteiger partial charge is 0.0780 e. The molecule has 0 fully saturated rings. The van der Waals surface area contributed by atoms with Crippen LogP contribution in [0.2, 0.25) is 0 Å². The van der Waals surface area contributed by atoms with Crippen molar-refractivity contribution in [1.82, 2.24) is 10.2 Å². The fraction of sp³-hybridized carbons (Fsp3) is 0.409. The largest absolute Gasteiger partial charge is 0.387 e. The van der Waals surface area contributed by atoms with E-state index < -0.39 is 0 Å². The zero-order valence-corrected chi connectivity index (χ0v) is 15.7. The number of nitrogens with zero attached hydrogens (tertiary/aromatic N) is 2. The van der Waals surface area contributed by atoms with Gasteiger partial charge in [0.2, 0.25) is 0 Å². The molecule has 134 valence electrons. The second kappa shape index (κ2) is 10.00. The van der Waals surface area contributed by atoms with Crippen molar-refractivity contribution in [3.63, 3.8) is 0 Å². The minimum absolute atomic E-state index is 0.578. The summed E-state index contributed by atoms with van der Waals surface area (Å²) in [4.78, 5) is 6.91. The highest BCUT2D eigenvalue weighted by Crippen LogP contribution is 2.19. The Morgan fingerprint density at radius 1 is 1.36 bits per heavy atom. The van der Waals surface area contributed by atoms with E-state index in [-0.39, 0.29) is 0 Å². The lowest BCUT2D eigenvalue weighted by molar-refractivity contribution is 0.219. The van der Waals surface area contributed by atoms with Crippen LogP contribution in [0.25, 0.3) is 0 Å². The van der Waals surface area contributed by atoms with Crippen LogP contribution in [-0.2, 0) is 13.0 Å². The zero-order chi connectivity index (χ0) is 18.1. The number of aliphatic imine (C=N–C) groups is 1. The molecule has 0 bridgehead atoms. The van der Waals surface area contributed by atoms with Gasteiger partial charge in [-0.3, -0.25) is 9.89 Å². The molecule has 0 aromatic heterocycles. The van der Waals surface area contributed by atoms with E-state index in [1.165, 1.54) is 11.1 Å². The Labute approximate surface area is 152 Å². The Morgan fingerprint density at radius 2 is 2.12 bits per heavy atom. The Morgan fingerprint density at radius 3 is 2.88 bits per heavy atom. The molecule has 1 atom stereocenters. The number of nitrogens with one attached hydrogen (secondary N) is 1. The van der Waals surface area contributed by atoms with Crippen molar-refractivity contribution in [2.45, 2.75) is 26.8 Å². The van der Waals surface area contributed by atoms with Crippen molar-refractivity contribution in [3.8, 4) is 0 Å². The molecule has 1 N–H and O–H groups in total. The average molecular weight is 338 g/mol. The van der Waals surface area contributed by atoms with Gasteiger partial charge in [-0.2, -0.15) is 0 Å². The topological polar surface area (TPSA) is 27.6 Å². The van der Waals surface area contributed by atoms with Gasteiger partial charge in [0.1, 0.15) is 0 Å². The van der Waals surface area contributed by atoms with Gasteiger partial charge in [-0.15, -0.1) is 0 Å². The molecule has 1 aromatic rings. The molecule has 0 saturated carbocycles. The Bertz CT molecular complexity index is 642. The van der Waals surface area contributed by atoms with Crippen molar-refractivity contribution in [1.29, 1.82) is 0 Å². The Hall–Kier alpha value is -2.13. The van der Waals surface area contributed by atoms with Crippen molar-refractivity contribution < 1.29 is 0 Å². The number of benzene rings is 1. The molecule has 0 saturated heterocycles. The summed E-state index contributed by atoms with van der Waals surface area (Å²) < 4.78 is 0. The number of rotatable bonds is 9. The molecule has 1 aliphatic heterocycles. The highest BCUT2D eigenvalue weighted by molar-refractivity contribution is 5.72. The molecule has 3 nitrogen and oxygen atoms in total. The first-order chi connectivity index (χ1) is 12.1. The van der Waals surface area contributed by atoms with Crippen LogP contribution in [0, 0.1) is 5.92 Å². The number of hydrogen-bond donors (Lipinski definition) is 1. The van der Waals surface area contributed by atoms with Crippen molar-refractivity contribution in [2.75, 3.05) is 26.2 Å². The van der Waals surface area contributed by atoms with E-state index in [0.29, 0.717) is 12.5 Å². The molecule has 1 unspecified atom stereocenters. The maximum absolute atomic E-state index is 4.36. The van der Waals surface area contributed by atoms with Crippen LogP contribution < -0.4 is 5.32 Å². The van der Waals surface area contributed by atoms with Gasteiger partial charge in [0, 0.05) is 38.1 Å². The maximum Gasteiger partial charge on any atom is 0.0780 e. The average Bonchev–Trinajstić information content (AvgIpc) is 2.63. The second-order valence-electron chi connectivity index (χ2n) is 6.95. The van der Waals surface area contributed by atoms with E-state index in [0.717, 1.165) is 43.9 Å². The fourth-order valence-electron chi connectivity index (χ4n) is 2.99. The quantitative estimate of drug-likeness (QED) is 0.545. The number of allylic oxidation sites excluding steroid dienone is 3. The van der Waals surface area contributed by atoms with E-state index in [1.54, 1.807) is 0 Å². The minimum Gasteiger partial charge on any atom is -0.387 e. The van der Waals surface area contributed by atoms with Crippen LogP contribution in [0.4, 0.5) is 0 Å². The third-order valence-electron chi connectivity index (χ3n) is 4.53. The van der Waals surface area contributed by atoms with E-state index in [1.807, 2.05) is 25.3 Å². The normalized spacial score (nSPS) is 16.5. The molecule has 2 rings (SSSR count). The first kappa shape index (κ1) is 19.2. The molecule has 0 amide bonds. The summed E-state index contributed by atoms with van der Waals surface area (Å²) in [6.45, 7) is 17.0. The first-order valence-corrected chi connectivity index (χ1v) is 9.08. The molecule has 0 radical (unpaired) electrons. The predicted molar refractivity (Wildman–Crippen MR) is 109 cm³/mol. The number of hydrogen-bond acceptors (Lipinski definition) is 3. The molecule has 1 aliphatic rings.